The fourth-order valence-electron chi connectivity index (χ4n) is 7.22. The van der Waals surface area contributed by atoms with Gasteiger partial charge < -0.3 is 29.7 Å². The number of likely N-dealkylation sites (tertiary alicyclic amines) is 1. The number of halogens is 1. The lowest BCUT2D eigenvalue weighted by Crippen LogP contribution is -2.73. The Hall–Kier alpha value is -3.34. The van der Waals surface area contributed by atoms with Gasteiger partial charge in [-0.15, -0.1) is 12.4 Å². The summed E-state index contributed by atoms with van der Waals surface area (Å²) in [4.78, 5) is 45.7. The molecule has 258 valence electrons. The Morgan fingerprint density at radius 2 is 1.68 bits per heavy atom. The standard InChI is InChI=1S/C36H50N4O6.ClH/c1-5-6-20-40-33(42)29(24-35(44)16-8-7-9-17-35)37-34(43)36(40)18-21-39(22-19-36)25-26-10-13-28(14-11-26)46-30-15-12-27(23-31(30)45-4)32(41)38(2)3;/h10-15,23,29,44H,5-9,16-22,24-25H2,1-4H3,(H,37,43);1H/t29-;/m1./s1. The molecule has 5 rings (SSSR count). The Kier molecular flexibility index (Phi) is 12.2. The predicted molar refractivity (Wildman–Crippen MR) is 183 cm³/mol. The minimum Gasteiger partial charge on any atom is -0.493 e. The van der Waals surface area contributed by atoms with Crippen molar-refractivity contribution in [3.63, 3.8) is 0 Å². The molecule has 1 atom stereocenters. The lowest BCUT2D eigenvalue weighted by atomic mass is 9.77. The van der Waals surface area contributed by atoms with Crippen molar-refractivity contribution in [3.05, 3.63) is 53.6 Å². The number of rotatable bonds is 11. The summed E-state index contributed by atoms with van der Waals surface area (Å²) < 4.78 is 11.6. The quantitative estimate of drug-likeness (QED) is 0.340. The molecular formula is C36H51ClN4O6. The monoisotopic (exact) mass is 670 g/mol. The fourth-order valence-corrected chi connectivity index (χ4v) is 7.22. The Labute approximate surface area is 285 Å². The summed E-state index contributed by atoms with van der Waals surface area (Å²) in [7, 11) is 4.96. The summed E-state index contributed by atoms with van der Waals surface area (Å²) in [5, 5.41) is 14.2. The number of hydrogen-bond acceptors (Lipinski definition) is 7. The third-order valence-electron chi connectivity index (χ3n) is 9.97. The van der Waals surface area contributed by atoms with Gasteiger partial charge in [0, 0.05) is 52.3 Å². The van der Waals surface area contributed by atoms with Crippen LogP contribution in [0, 0.1) is 0 Å². The molecule has 0 aromatic heterocycles. The van der Waals surface area contributed by atoms with Crippen molar-refractivity contribution in [2.24, 2.45) is 0 Å². The number of nitrogens with zero attached hydrogens (tertiary/aromatic N) is 3. The van der Waals surface area contributed by atoms with Crippen LogP contribution in [-0.4, -0.2) is 95.5 Å². The second kappa shape index (κ2) is 15.7. The number of unbranched alkanes of at least 4 members (excludes halogenated alkanes) is 1. The number of amides is 3. The summed E-state index contributed by atoms with van der Waals surface area (Å²) >= 11 is 0. The average molecular weight is 671 g/mol. The molecule has 2 aliphatic heterocycles. The molecule has 2 aromatic rings. The van der Waals surface area contributed by atoms with Crippen LogP contribution in [0.15, 0.2) is 42.5 Å². The molecule has 2 saturated heterocycles. The van der Waals surface area contributed by atoms with E-state index in [-0.39, 0.29) is 30.1 Å². The predicted octanol–water partition coefficient (Wildman–Crippen LogP) is 5.16. The molecule has 1 aliphatic carbocycles. The third kappa shape index (κ3) is 8.21. The highest BCUT2D eigenvalue weighted by Gasteiger charge is 2.54. The molecule has 3 amide bonds. The van der Waals surface area contributed by atoms with Crippen molar-refractivity contribution in [2.45, 2.75) is 94.9 Å². The average Bonchev–Trinajstić information content (AvgIpc) is 3.05. The van der Waals surface area contributed by atoms with Gasteiger partial charge in [-0.05, 0) is 68.0 Å². The van der Waals surface area contributed by atoms with Crippen LogP contribution >= 0.6 is 12.4 Å². The number of nitrogens with one attached hydrogen (secondary N) is 1. The topological polar surface area (TPSA) is 112 Å². The van der Waals surface area contributed by atoms with Gasteiger partial charge in [-0.3, -0.25) is 19.3 Å². The van der Waals surface area contributed by atoms with Crippen molar-refractivity contribution in [1.29, 1.82) is 0 Å². The minimum atomic E-state index is -0.875. The van der Waals surface area contributed by atoms with Crippen LogP contribution in [0.2, 0.25) is 0 Å². The number of benzene rings is 2. The zero-order valence-corrected chi connectivity index (χ0v) is 29.1. The summed E-state index contributed by atoms with van der Waals surface area (Å²) in [5.74, 6) is 1.45. The zero-order chi connectivity index (χ0) is 32.9. The number of piperidine rings is 1. The molecule has 3 fully saturated rings. The van der Waals surface area contributed by atoms with Crippen molar-refractivity contribution < 1.29 is 29.0 Å². The zero-order valence-electron chi connectivity index (χ0n) is 28.3. The van der Waals surface area contributed by atoms with E-state index in [2.05, 4.69) is 17.1 Å². The van der Waals surface area contributed by atoms with Crippen molar-refractivity contribution in [3.8, 4) is 17.2 Å². The van der Waals surface area contributed by atoms with Gasteiger partial charge in [0.1, 0.15) is 17.3 Å². The number of carbonyl (C=O) groups is 3. The van der Waals surface area contributed by atoms with Gasteiger partial charge in [0.15, 0.2) is 11.5 Å². The molecule has 0 bridgehead atoms. The number of ether oxygens (including phenoxy) is 2. The van der Waals surface area contributed by atoms with Gasteiger partial charge >= 0.3 is 0 Å². The molecule has 2 N–H and O–H groups in total. The SMILES string of the molecule is CCCCN1C(=O)[C@@H](CC2(O)CCCCC2)NC(=O)C12CCN(Cc1ccc(Oc3ccc(C(=O)N(C)C)cc3OC)cc1)CC2.Cl. The highest BCUT2D eigenvalue weighted by Crippen LogP contribution is 2.38. The van der Waals surface area contributed by atoms with E-state index in [1.807, 2.05) is 29.2 Å². The van der Waals surface area contributed by atoms with Crippen LogP contribution in [-0.2, 0) is 16.1 Å². The van der Waals surface area contributed by atoms with E-state index < -0.39 is 17.2 Å². The molecule has 47 heavy (non-hydrogen) atoms. The molecule has 0 unspecified atom stereocenters. The van der Waals surface area contributed by atoms with E-state index in [0.717, 1.165) is 44.2 Å². The molecule has 2 heterocycles. The van der Waals surface area contributed by atoms with E-state index in [0.29, 0.717) is 74.6 Å². The van der Waals surface area contributed by atoms with Crippen molar-refractivity contribution in [2.75, 3.05) is 40.8 Å². The first kappa shape index (κ1) is 36.5. The molecule has 1 saturated carbocycles. The van der Waals surface area contributed by atoms with Crippen LogP contribution in [0.3, 0.4) is 0 Å². The Balaban J connectivity index is 0.00000500. The van der Waals surface area contributed by atoms with E-state index in [9.17, 15) is 19.5 Å². The third-order valence-corrected chi connectivity index (χ3v) is 9.97. The molecule has 10 nitrogen and oxygen atoms in total. The fraction of sp³-hybridized carbons (Fsp3) is 0.583. The highest BCUT2D eigenvalue weighted by atomic mass is 35.5. The molecule has 0 radical (unpaired) electrons. The molecule has 2 aromatic carbocycles. The lowest BCUT2D eigenvalue weighted by Gasteiger charge is -2.52. The number of hydrogen-bond donors (Lipinski definition) is 2. The Morgan fingerprint density at radius 3 is 2.30 bits per heavy atom. The maximum Gasteiger partial charge on any atom is 0.253 e. The van der Waals surface area contributed by atoms with Gasteiger partial charge in [0.25, 0.3) is 5.91 Å². The van der Waals surface area contributed by atoms with Crippen LogP contribution in [0.5, 0.6) is 17.2 Å². The van der Waals surface area contributed by atoms with Crippen LogP contribution in [0.25, 0.3) is 0 Å². The van der Waals surface area contributed by atoms with Crippen LogP contribution in [0.1, 0.15) is 87.1 Å². The second-order valence-corrected chi connectivity index (χ2v) is 13.5. The smallest absolute Gasteiger partial charge is 0.253 e. The summed E-state index contributed by atoms with van der Waals surface area (Å²) in [6.45, 7) is 4.79. The van der Waals surface area contributed by atoms with Gasteiger partial charge in [-0.1, -0.05) is 44.7 Å². The van der Waals surface area contributed by atoms with Crippen LogP contribution < -0.4 is 14.8 Å². The second-order valence-electron chi connectivity index (χ2n) is 13.5. The molecular weight excluding hydrogens is 620 g/mol. The number of carbonyl (C=O) groups excluding carboxylic acids is 3. The first-order valence-corrected chi connectivity index (χ1v) is 16.8. The first-order chi connectivity index (χ1) is 22.1. The lowest BCUT2D eigenvalue weighted by molar-refractivity contribution is -0.163. The van der Waals surface area contributed by atoms with Gasteiger partial charge in [-0.2, -0.15) is 0 Å². The van der Waals surface area contributed by atoms with E-state index in [4.69, 9.17) is 9.47 Å². The van der Waals surface area contributed by atoms with E-state index >= 15 is 0 Å². The number of methoxy groups -OCH3 is 1. The van der Waals surface area contributed by atoms with Crippen molar-refractivity contribution >= 4 is 30.1 Å². The normalized spacial score (nSPS) is 20.7. The van der Waals surface area contributed by atoms with E-state index in [1.165, 1.54) is 4.90 Å². The van der Waals surface area contributed by atoms with Crippen molar-refractivity contribution in [1.82, 2.24) is 20.0 Å². The Morgan fingerprint density at radius 1 is 1.00 bits per heavy atom. The molecule has 1 spiro atoms. The number of aliphatic hydroxyl groups is 1. The Bertz CT molecular complexity index is 1390. The van der Waals surface area contributed by atoms with Gasteiger partial charge in [-0.25, -0.2) is 0 Å². The summed E-state index contributed by atoms with van der Waals surface area (Å²) in [5.41, 5.74) is -0.0678. The maximum atomic E-state index is 13.9. The molecule has 3 aliphatic rings. The first-order valence-electron chi connectivity index (χ1n) is 16.8. The van der Waals surface area contributed by atoms with E-state index in [1.54, 1.807) is 39.4 Å². The maximum absolute atomic E-state index is 13.9. The highest BCUT2D eigenvalue weighted by molar-refractivity contribution is 6.00. The largest absolute Gasteiger partial charge is 0.493 e. The van der Waals surface area contributed by atoms with Gasteiger partial charge in [0.05, 0.1) is 12.7 Å². The minimum absolute atomic E-state index is 0. The van der Waals surface area contributed by atoms with Crippen LogP contribution in [0.4, 0.5) is 0 Å². The summed E-state index contributed by atoms with van der Waals surface area (Å²) in [6, 6.07) is 12.4. The van der Waals surface area contributed by atoms with Gasteiger partial charge in [0.2, 0.25) is 11.8 Å². The summed E-state index contributed by atoms with van der Waals surface area (Å²) in [6.07, 6.45) is 7.67. The number of piperazine rings is 1. The molecule has 11 heteroatoms.